The Morgan fingerprint density at radius 2 is 2.07 bits per heavy atom. The standard InChI is InChI=1S/C12H16O2/c1-8-5-9-7-12(2,3)14-11(9)6-10(8)13-4/h5-6H,7H2,1-4H3. The molecule has 76 valence electrons. The second-order valence-corrected chi connectivity index (χ2v) is 4.47. The van der Waals surface area contributed by atoms with Crippen LogP contribution in [0.2, 0.25) is 0 Å². The fraction of sp³-hybridized carbons (Fsp3) is 0.500. The fourth-order valence-corrected chi connectivity index (χ4v) is 1.97. The van der Waals surface area contributed by atoms with Crippen LogP contribution in [0.15, 0.2) is 12.1 Å². The Hall–Kier alpha value is -1.18. The summed E-state index contributed by atoms with van der Waals surface area (Å²) in [6.45, 7) is 6.27. The van der Waals surface area contributed by atoms with Crippen LogP contribution in [0.1, 0.15) is 25.0 Å². The van der Waals surface area contributed by atoms with E-state index in [9.17, 15) is 0 Å². The lowest BCUT2D eigenvalue weighted by Gasteiger charge is -2.16. The Morgan fingerprint density at radius 1 is 1.36 bits per heavy atom. The highest BCUT2D eigenvalue weighted by molar-refractivity contribution is 5.48. The van der Waals surface area contributed by atoms with Crippen LogP contribution in [0.5, 0.6) is 11.5 Å². The van der Waals surface area contributed by atoms with Crippen LogP contribution < -0.4 is 9.47 Å². The van der Waals surface area contributed by atoms with Gasteiger partial charge in [0.15, 0.2) is 0 Å². The van der Waals surface area contributed by atoms with Crippen molar-refractivity contribution >= 4 is 0 Å². The predicted molar refractivity (Wildman–Crippen MR) is 56.1 cm³/mol. The topological polar surface area (TPSA) is 18.5 Å². The molecule has 2 rings (SSSR count). The molecule has 2 heteroatoms. The largest absolute Gasteiger partial charge is 0.496 e. The first-order valence-electron chi connectivity index (χ1n) is 4.88. The SMILES string of the molecule is COc1cc2c(cc1C)CC(C)(C)O2. The molecule has 0 fully saturated rings. The van der Waals surface area contributed by atoms with E-state index in [1.807, 2.05) is 6.07 Å². The number of hydrogen-bond acceptors (Lipinski definition) is 2. The van der Waals surface area contributed by atoms with Crippen LogP contribution in [0.3, 0.4) is 0 Å². The van der Waals surface area contributed by atoms with Crippen LogP contribution in [0.25, 0.3) is 0 Å². The minimum absolute atomic E-state index is 0.0683. The second-order valence-electron chi connectivity index (χ2n) is 4.47. The molecule has 0 bridgehead atoms. The van der Waals surface area contributed by atoms with E-state index >= 15 is 0 Å². The van der Waals surface area contributed by atoms with Gasteiger partial charge in [0, 0.05) is 12.5 Å². The summed E-state index contributed by atoms with van der Waals surface area (Å²) in [6.07, 6.45) is 0.979. The number of rotatable bonds is 1. The van der Waals surface area contributed by atoms with Gasteiger partial charge in [-0.25, -0.2) is 0 Å². The third-order valence-corrected chi connectivity index (χ3v) is 2.58. The summed E-state index contributed by atoms with van der Waals surface area (Å²) in [4.78, 5) is 0. The van der Waals surface area contributed by atoms with Crippen molar-refractivity contribution in [2.24, 2.45) is 0 Å². The Kier molecular flexibility index (Phi) is 1.95. The minimum atomic E-state index is -0.0683. The highest BCUT2D eigenvalue weighted by atomic mass is 16.5. The number of fused-ring (bicyclic) bond motifs is 1. The molecule has 1 aliphatic heterocycles. The maximum absolute atomic E-state index is 5.81. The molecular weight excluding hydrogens is 176 g/mol. The van der Waals surface area contributed by atoms with Gasteiger partial charge in [0.2, 0.25) is 0 Å². The molecule has 2 nitrogen and oxygen atoms in total. The molecule has 0 saturated heterocycles. The lowest BCUT2D eigenvalue weighted by atomic mass is 10.0. The molecule has 0 amide bonds. The third-order valence-electron chi connectivity index (χ3n) is 2.58. The van der Waals surface area contributed by atoms with Crippen molar-refractivity contribution in [2.45, 2.75) is 32.8 Å². The van der Waals surface area contributed by atoms with Gasteiger partial charge in [0.05, 0.1) is 7.11 Å². The second kappa shape index (κ2) is 2.91. The van der Waals surface area contributed by atoms with Crippen molar-refractivity contribution in [3.8, 4) is 11.5 Å². The normalized spacial score (nSPS) is 17.4. The van der Waals surface area contributed by atoms with E-state index in [1.165, 1.54) is 11.1 Å². The van der Waals surface area contributed by atoms with Gasteiger partial charge in [-0.3, -0.25) is 0 Å². The van der Waals surface area contributed by atoms with E-state index in [2.05, 4.69) is 26.8 Å². The zero-order valence-corrected chi connectivity index (χ0v) is 9.18. The van der Waals surface area contributed by atoms with E-state index in [1.54, 1.807) is 7.11 Å². The quantitative estimate of drug-likeness (QED) is 0.681. The first kappa shape index (κ1) is 9.38. The van der Waals surface area contributed by atoms with Gasteiger partial charge in [-0.05, 0) is 38.0 Å². The van der Waals surface area contributed by atoms with Gasteiger partial charge in [-0.2, -0.15) is 0 Å². The number of benzene rings is 1. The molecule has 0 saturated carbocycles. The van der Waals surface area contributed by atoms with E-state index in [0.717, 1.165) is 17.9 Å². The maximum Gasteiger partial charge on any atom is 0.127 e. The van der Waals surface area contributed by atoms with Crippen LogP contribution >= 0.6 is 0 Å². The summed E-state index contributed by atoms with van der Waals surface area (Å²) in [6, 6.07) is 4.14. The highest BCUT2D eigenvalue weighted by Gasteiger charge is 2.30. The molecule has 14 heavy (non-hydrogen) atoms. The lowest BCUT2D eigenvalue weighted by molar-refractivity contribution is 0.138. The summed E-state index contributed by atoms with van der Waals surface area (Å²) < 4.78 is 11.1. The zero-order valence-electron chi connectivity index (χ0n) is 9.18. The molecule has 1 aromatic carbocycles. The van der Waals surface area contributed by atoms with Crippen molar-refractivity contribution in [3.63, 3.8) is 0 Å². The van der Waals surface area contributed by atoms with Crippen molar-refractivity contribution in [3.05, 3.63) is 23.3 Å². The average Bonchev–Trinajstić information content (AvgIpc) is 2.36. The van der Waals surface area contributed by atoms with Crippen molar-refractivity contribution < 1.29 is 9.47 Å². The zero-order chi connectivity index (χ0) is 10.3. The molecule has 0 radical (unpaired) electrons. The van der Waals surface area contributed by atoms with Gasteiger partial charge < -0.3 is 9.47 Å². The van der Waals surface area contributed by atoms with Gasteiger partial charge in [0.1, 0.15) is 17.1 Å². The molecule has 0 spiro atoms. The smallest absolute Gasteiger partial charge is 0.127 e. The van der Waals surface area contributed by atoms with E-state index < -0.39 is 0 Å². The van der Waals surface area contributed by atoms with Gasteiger partial charge >= 0.3 is 0 Å². The average molecular weight is 192 g/mol. The third kappa shape index (κ3) is 1.45. The van der Waals surface area contributed by atoms with Gasteiger partial charge in [0.25, 0.3) is 0 Å². The van der Waals surface area contributed by atoms with Crippen molar-refractivity contribution in [2.75, 3.05) is 7.11 Å². The van der Waals surface area contributed by atoms with Crippen LogP contribution in [0.4, 0.5) is 0 Å². The predicted octanol–water partition coefficient (Wildman–Crippen LogP) is 2.72. The summed E-state index contributed by atoms with van der Waals surface area (Å²) in [5, 5.41) is 0. The highest BCUT2D eigenvalue weighted by Crippen LogP contribution is 2.38. The van der Waals surface area contributed by atoms with Crippen molar-refractivity contribution in [1.29, 1.82) is 0 Å². The monoisotopic (exact) mass is 192 g/mol. The Balaban J connectivity index is 2.44. The molecule has 0 atom stereocenters. The first-order valence-corrected chi connectivity index (χ1v) is 4.88. The van der Waals surface area contributed by atoms with Crippen molar-refractivity contribution in [1.82, 2.24) is 0 Å². The fourth-order valence-electron chi connectivity index (χ4n) is 1.97. The first-order chi connectivity index (χ1) is 6.52. The molecule has 0 aromatic heterocycles. The Morgan fingerprint density at radius 3 is 2.71 bits per heavy atom. The van der Waals surface area contributed by atoms with Gasteiger partial charge in [-0.1, -0.05) is 0 Å². The molecule has 1 aromatic rings. The molecule has 0 N–H and O–H groups in total. The Labute approximate surface area is 84.8 Å². The number of ether oxygens (including phenoxy) is 2. The molecule has 1 aliphatic rings. The summed E-state index contributed by atoms with van der Waals surface area (Å²) in [5.74, 6) is 1.87. The van der Waals surface area contributed by atoms with E-state index in [0.29, 0.717) is 0 Å². The summed E-state index contributed by atoms with van der Waals surface area (Å²) in [7, 11) is 1.69. The van der Waals surface area contributed by atoms with Crippen LogP contribution in [-0.4, -0.2) is 12.7 Å². The van der Waals surface area contributed by atoms with Crippen LogP contribution in [0, 0.1) is 6.92 Å². The maximum atomic E-state index is 5.81. The van der Waals surface area contributed by atoms with Crippen LogP contribution in [-0.2, 0) is 6.42 Å². The Bertz CT molecular complexity index is 367. The molecule has 1 heterocycles. The molecule has 0 unspecified atom stereocenters. The number of aryl methyl sites for hydroxylation is 1. The number of methoxy groups -OCH3 is 1. The molecular formula is C12H16O2. The summed E-state index contributed by atoms with van der Waals surface area (Å²) in [5.41, 5.74) is 2.39. The lowest BCUT2D eigenvalue weighted by Crippen LogP contribution is -2.24. The van der Waals surface area contributed by atoms with E-state index in [-0.39, 0.29) is 5.60 Å². The van der Waals surface area contributed by atoms with Gasteiger partial charge in [-0.15, -0.1) is 0 Å². The summed E-state index contributed by atoms with van der Waals surface area (Å²) >= 11 is 0. The minimum Gasteiger partial charge on any atom is -0.496 e. The van der Waals surface area contributed by atoms with E-state index in [4.69, 9.17) is 9.47 Å². The number of hydrogen-bond donors (Lipinski definition) is 0. The molecule has 0 aliphatic carbocycles.